The molecule has 0 unspecified atom stereocenters. The third-order valence-electron chi connectivity index (χ3n) is 2.84. The first-order valence-corrected chi connectivity index (χ1v) is 5.39. The van der Waals surface area contributed by atoms with Crippen LogP contribution in [0.15, 0.2) is 18.5 Å². The van der Waals surface area contributed by atoms with Crippen molar-refractivity contribution in [2.45, 2.75) is 25.7 Å². The highest BCUT2D eigenvalue weighted by Crippen LogP contribution is 2.38. The molecule has 2 heterocycles. The smallest absolute Gasteiger partial charge is 0.162 e. The van der Waals surface area contributed by atoms with Crippen LogP contribution in [0.3, 0.4) is 0 Å². The summed E-state index contributed by atoms with van der Waals surface area (Å²) in [6.07, 6.45) is 5.93. The van der Waals surface area contributed by atoms with Gasteiger partial charge in [-0.3, -0.25) is 0 Å². The third-order valence-corrected chi connectivity index (χ3v) is 2.84. The van der Waals surface area contributed by atoms with E-state index in [4.69, 9.17) is 5.73 Å². The number of nitrogens with zero attached hydrogens (tertiary/aromatic N) is 4. The standard InChI is InChI=1S/C11H13N5/c1-7-9(12)14-10(8-3-4-8)15-11(7)16-6-2-5-13-16/h2,5-6,8H,3-4H2,1H3,(H2,12,14,15). The number of hydrogen-bond acceptors (Lipinski definition) is 4. The summed E-state index contributed by atoms with van der Waals surface area (Å²) in [6, 6.07) is 1.87. The van der Waals surface area contributed by atoms with Gasteiger partial charge in [-0.2, -0.15) is 5.10 Å². The second-order valence-electron chi connectivity index (χ2n) is 4.14. The Morgan fingerprint density at radius 1 is 1.38 bits per heavy atom. The molecule has 1 aliphatic rings. The van der Waals surface area contributed by atoms with E-state index < -0.39 is 0 Å². The number of nitrogen functional groups attached to an aromatic ring is 1. The van der Waals surface area contributed by atoms with Gasteiger partial charge in [-0.15, -0.1) is 0 Å². The molecule has 2 aromatic rings. The van der Waals surface area contributed by atoms with Crippen LogP contribution < -0.4 is 5.73 Å². The van der Waals surface area contributed by atoms with Gasteiger partial charge in [-0.05, 0) is 25.8 Å². The first-order valence-electron chi connectivity index (χ1n) is 5.39. The lowest BCUT2D eigenvalue weighted by molar-refractivity contribution is 0.802. The maximum absolute atomic E-state index is 5.90. The molecule has 1 fully saturated rings. The molecule has 0 aromatic carbocycles. The zero-order valence-corrected chi connectivity index (χ0v) is 9.09. The molecule has 82 valence electrons. The van der Waals surface area contributed by atoms with Gasteiger partial charge in [0.2, 0.25) is 0 Å². The van der Waals surface area contributed by atoms with Gasteiger partial charge >= 0.3 is 0 Å². The van der Waals surface area contributed by atoms with Gasteiger partial charge in [0.05, 0.1) is 0 Å². The van der Waals surface area contributed by atoms with Gasteiger partial charge in [-0.1, -0.05) is 0 Å². The second-order valence-corrected chi connectivity index (χ2v) is 4.14. The number of rotatable bonds is 2. The molecule has 3 rings (SSSR count). The zero-order chi connectivity index (χ0) is 11.1. The quantitative estimate of drug-likeness (QED) is 0.822. The summed E-state index contributed by atoms with van der Waals surface area (Å²) in [6.45, 7) is 1.92. The Hall–Kier alpha value is -1.91. The largest absolute Gasteiger partial charge is 0.383 e. The van der Waals surface area contributed by atoms with Crippen LogP contribution in [0.5, 0.6) is 0 Å². The zero-order valence-electron chi connectivity index (χ0n) is 9.09. The van der Waals surface area contributed by atoms with Crippen LogP contribution in [0, 0.1) is 6.92 Å². The third kappa shape index (κ3) is 1.44. The molecule has 16 heavy (non-hydrogen) atoms. The fraction of sp³-hybridized carbons (Fsp3) is 0.364. The highest BCUT2D eigenvalue weighted by molar-refractivity contribution is 5.48. The van der Waals surface area contributed by atoms with Gasteiger partial charge in [0, 0.05) is 23.9 Å². The van der Waals surface area contributed by atoms with Gasteiger partial charge in [0.1, 0.15) is 11.6 Å². The molecule has 0 saturated heterocycles. The molecular formula is C11H13N5. The average Bonchev–Trinajstić information content (AvgIpc) is 2.98. The van der Waals surface area contributed by atoms with Crippen molar-refractivity contribution in [3.05, 3.63) is 29.8 Å². The van der Waals surface area contributed by atoms with Crippen LogP contribution in [0.4, 0.5) is 5.82 Å². The number of hydrogen-bond donors (Lipinski definition) is 1. The molecule has 0 radical (unpaired) electrons. The molecule has 5 heteroatoms. The van der Waals surface area contributed by atoms with Crippen molar-refractivity contribution in [3.8, 4) is 5.82 Å². The monoisotopic (exact) mass is 215 g/mol. The van der Waals surface area contributed by atoms with Crippen LogP contribution in [0.1, 0.15) is 30.1 Å². The Kier molecular flexibility index (Phi) is 1.92. The maximum atomic E-state index is 5.90. The highest BCUT2D eigenvalue weighted by atomic mass is 15.3. The van der Waals surface area contributed by atoms with Crippen LogP contribution >= 0.6 is 0 Å². The lowest BCUT2D eigenvalue weighted by Crippen LogP contribution is -2.09. The topological polar surface area (TPSA) is 69.6 Å². The summed E-state index contributed by atoms with van der Waals surface area (Å²) in [4.78, 5) is 8.88. The van der Waals surface area contributed by atoms with Crippen molar-refractivity contribution in [1.82, 2.24) is 19.7 Å². The first-order chi connectivity index (χ1) is 7.75. The minimum atomic E-state index is 0.497. The molecular weight excluding hydrogens is 202 g/mol. The predicted octanol–water partition coefficient (Wildman–Crippen LogP) is 1.43. The van der Waals surface area contributed by atoms with E-state index in [1.807, 2.05) is 19.2 Å². The Balaban J connectivity index is 2.15. The molecule has 0 aliphatic heterocycles. The van der Waals surface area contributed by atoms with Crippen LogP contribution in [0.2, 0.25) is 0 Å². The summed E-state index contributed by atoms with van der Waals surface area (Å²) < 4.78 is 1.74. The van der Waals surface area contributed by atoms with Gasteiger partial charge in [0.15, 0.2) is 5.82 Å². The lowest BCUT2D eigenvalue weighted by Gasteiger charge is -2.09. The van der Waals surface area contributed by atoms with E-state index in [1.165, 1.54) is 12.8 Å². The number of aromatic nitrogens is 4. The Labute approximate surface area is 93.3 Å². The summed E-state index contributed by atoms with van der Waals surface area (Å²) in [5.41, 5.74) is 6.78. The van der Waals surface area contributed by atoms with E-state index in [9.17, 15) is 0 Å². The minimum Gasteiger partial charge on any atom is -0.383 e. The fourth-order valence-electron chi connectivity index (χ4n) is 1.68. The van der Waals surface area contributed by atoms with Crippen molar-refractivity contribution in [2.24, 2.45) is 0 Å². The summed E-state index contributed by atoms with van der Waals surface area (Å²) in [5, 5.41) is 4.18. The molecule has 2 N–H and O–H groups in total. The Morgan fingerprint density at radius 2 is 2.19 bits per heavy atom. The lowest BCUT2D eigenvalue weighted by atomic mass is 10.3. The molecule has 0 bridgehead atoms. The van der Waals surface area contributed by atoms with Gasteiger partial charge in [-0.25, -0.2) is 14.6 Å². The van der Waals surface area contributed by atoms with E-state index in [1.54, 1.807) is 10.9 Å². The first kappa shape index (κ1) is 9.33. The van der Waals surface area contributed by atoms with Crippen molar-refractivity contribution >= 4 is 5.82 Å². The normalized spacial score (nSPS) is 15.3. The molecule has 1 saturated carbocycles. The van der Waals surface area contributed by atoms with E-state index in [-0.39, 0.29) is 0 Å². The molecule has 0 atom stereocenters. The molecule has 0 amide bonds. The van der Waals surface area contributed by atoms with Crippen LogP contribution in [0.25, 0.3) is 5.82 Å². The fourth-order valence-corrected chi connectivity index (χ4v) is 1.68. The Bertz CT molecular complexity index is 513. The number of anilines is 1. The Morgan fingerprint density at radius 3 is 2.81 bits per heavy atom. The summed E-state index contributed by atoms with van der Waals surface area (Å²) >= 11 is 0. The maximum Gasteiger partial charge on any atom is 0.162 e. The van der Waals surface area contributed by atoms with E-state index in [0.717, 1.165) is 17.2 Å². The van der Waals surface area contributed by atoms with Crippen LogP contribution in [-0.2, 0) is 0 Å². The average molecular weight is 215 g/mol. The number of nitrogens with two attached hydrogens (primary N) is 1. The van der Waals surface area contributed by atoms with Gasteiger partial charge < -0.3 is 5.73 Å². The predicted molar refractivity (Wildman–Crippen MR) is 60.3 cm³/mol. The molecule has 5 nitrogen and oxygen atoms in total. The van der Waals surface area contributed by atoms with E-state index >= 15 is 0 Å². The van der Waals surface area contributed by atoms with Crippen molar-refractivity contribution in [2.75, 3.05) is 5.73 Å². The molecule has 2 aromatic heterocycles. The molecule has 0 spiro atoms. The van der Waals surface area contributed by atoms with E-state index in [0.29, 0.717) is 11.7 Å². The van der Waals surface area contributed by atoms with Crippen molar-refractivity contribution in [3.63, 3.8) is 0 Å². The SMILES string of the molecule is Cc1c(N)nc(C2CC2)nc1-n1cccn1. The van der Waals surface area contributed by atoms with E-state index in [2.05, 4.69) is 15.1 Å². The minimum absolute atomic E-state index is 0.497. The highest BCUT2D eigenvalue weighted by Gasteiger charge is 2.28. The van der Waals surface area contributed by atoms with Crippen LogP contribution in [-0.4, -0.2) is 19.7 Å². The van der Waals surface area contributed by atoms with Crippen molar-refractivity contribution < 1.29 is 0 Å². The summed E-state index contributed by atoms with van der Waals surface area (Å²) in [5.74, 6) is 2.70. The van der Waals surface area contributed by atoms with Crippen molar-refractivity contribution in [1.29, 1.82) is 0 Å². The second kappa shape index (κ2) is 3.30. The summed E-state index contributed by atoms with van der Waals surface area (Å²) in [7, 11) is 0. The van der Waals surface area contributed by atoms with Gasteiger partial charge in [0.25, 0.3) is 0 Å². The molecule has 1 aliphatic carbocycles.